The van der Waals surface area contributed by atoms with Gasteiger partial charge in [-0.25, -0.2) is 9.07 Å². The third-order valence-corrected chi connectivity index (χ3v) is 3.66. The lowest BCUT2D eigenvalue weighted by Gasteiger charge is -2.16. The zero-order chi connectivity index (χ0) is 16.4. The first kappa shape index (κ1) is 16.2. The molecule has 118 valence electrons. The number of amides is 1. The number of nitrogens with zero attached hydrogens (tertiary/aromatic N) is 2. The van der Waals surface area contributed by atoms with Crippen LogP contribution >= 0.6 is 0 Å². The number of aryl methyl sites for hydroxylation is 2. The van der Waals surface area contributed by atoms with Gasteiger partial charge in [0.2, 0.25) is 5.91 Å². The first-order valence-electron chi connectivity index (χ1n) is 7.19. The minimum absolute atomic E-state index is 0.228. The van der Waals surface area contributed by atoms with E-state index in [0.717, 1.165) is 11.4 Å². The number of hydrogen-bond donors (Lipinski definition) is 2. The number of aromatic nitrogens is 2. The van der Waals surface area contributed by atoms with Gasteiger partial charge >= 0.3 is 0 Å². The van der Waals surface area contributed by atoms with Crippen LogP contribution in [0.5, 0.6) is 0 Å². The highest BCUT2D eigenvalue weighted by atomic mass is 19.1. The van der Waals surface area contributed by atoms with E-state index in [9.17, 15) is 9.18 Å². The van der Waals surface area contributed by atoms with E-state index in [4.69, 9.17) is 5.73 Å². The molecule has 2 aromatic rings. The maximum absolute atomic E-state index is 14.3. The third kappa shape index (κ3) is 3.33. The van der Waals surface area contributed by atoms with Gasteiger partial charge in [0, 0.05) is 17.4 Å². The van der Waals surface area contributed by atoms with Crippen molar-refractivity contribution in [1.29, 1.82) is 0 Å². The van der Waals surface area contributed by atoms with Crippen molar-refractivity contribution >= 4 is 11.6 Å². The second-order valence-corrected chi connectivity index (χ2v) is 5.64. The topological polar surface area (TPSA) is 72.9 Å². The van der Waals surface area contributed by atoms with Gasteiger partial charge in [-0.05, 0) is 45.0 Å². The Bertz CT molecular complexity index is 693. The van der Waals surface area contributed by atoms with Crippen molar-refractivity contribution < 1.29 is 9.18 Å². The van der Waals surface area contributed by atoms with Gasteiger partial charge in [0.25, 0.3) is 0 Å². The molecule has 2 rings (SSSR count). The minimum atomic E-state index is -0.447. The summed E-state index contributed by atoms with van der Waals surface area (Å²) < 4.78 is 15.8. The molecule has 6 heteroatoms. The van der Waals surface area contributed by atoms with Crippen LogP contribution in [0, 0.1) is 25.6 Å². The molecule has 0 bridgehead atoms. The quantitative estimate of drug-likeness (QED) is 0.911. The summed E-state index contributed by atoms with van der Waals surface area (Å²) in [5.41, 5.74) is 8.11. The molecule has 1 amide bonds. The van der Waals surface area contributed by atoms with E-state index in [2.05, 4.69) is 10.4 Å². The molecular weight excluding hydrogens is 283 g/mol. The van der Waals surface area contributed by atoms with Gasteiger partial charge < -0.3 is 11.1 Å². The Balaban J connectivity index is 2.23. The van der Waals surface area contributed by atoms with Crippen molar-refractivity contribution in [1.82, 2.24) is 9.78 Å². The summed E-state index contributed by atoms with van der Waals surface area (Å²) in [6.07, 6.45) is 0. The highest BCUT2D eigenvalue weighted by molar-refractivity contribution is 5.92. The van der Waals surface area contributed by atoms with E-state index in [0.29, 0.717) is 11.4 Å². The molecule has 0 aliphatic rings. The number of benzene rings is 1. The standard InChI is InChI=1S/C16H21FN4O/c1-9-7-10(2)21(20-9)15-6-5-13(8-14(15)17)19-16(22)11(3)12(4)18/h5-8,11-12H,18H2,1-4H3,(H,19,22). The molecule has 0 fully saturated rings. The Morgan fingerprint density at radius 1 is 1.32 bits per heavy atom. The van der Waals surface area contributed by atoms with E-state index in [1.54, 1.807) is 30.7 Å². The maximum Gasteiger partial charge on any atom is 0.228 e. The van der Waals surface area contributed by atoms with Crippen LogP contribution in [0.4, 0.5) is 10.1 Å². The number of carbonyl (C=O) groups is 1. The zero-order valence-electron chi connectivity index (χ0n) is 13.2. The van der Waals surface area contributed by atoms with E-state index >= 15 is 0 Å². The van der Waals surface area contributed by atoms with Crippen LogP contribution < -0.4 is 11.1 Å². The Labute approximate surface area is 129 Å². The maximum atomic E-state index is 14.3. The van der Waals surface area contributed by atoms with Crippen molar-refractivity contribution in [3.8, 4) is 5.69 Å². The van der Waals surface area contributed by atoms with E-state index < -0.39 is 5.82 Å². The average Bonchev–Trinajstić information content (AvgIpc) is 2.76. The SMILES string of the molecule is Cc1cc(C)n(-c2ccc(NC(=O)C(C)C(C)N)cc2F)n1. The molecular formula is C16H21FN4O. The van der Waals surface area contributed by atoms with E-state index in [1.165, 1.54) is 6.07 Å². The molecule has 1 aromatic carbocycles. The van der Waals surface area contributed by atoms with Crippen LogP contribution in [-0.4, -0.2) is 21.7 Å². The van der Waals surface area contributed by atoms with Crippen molar-refractivity contribution in [2.24, 2.45) is 11.7 Å². The van der Waals surface area contributed by atoms with Crippen molar-refractivity contribution in [3.63, 3.8) is 0 Å². The first-order chi connectivity index (χ1) is 10.3. The summed E-state index contributed by atoms with van der Waals surface area (Å²) in [5.74, 6) is -1.02. The monoisotopic (exact) mass is 304 g/mol. The fourth-order valence-electron chi connectivity index (χ4n) is 2.12. The third-order valence-electron chi connectivity index (χ3n) is 3.66. The zero-order valence-corrected chi connectivity index (χ0v) is 13.2. The molecule has 2 atom stereocenters. The van der Waals surface area contributed by atoms with Crippen LogP contribution in [0.1, 0.15) is 25.2 Å². The number of halogens is 1. The molecule has 1 aromatic heterocycles. The first-order valence-corrected chi connectivity index (χ1v) is 7.19. The number of anilines is 1. The van der Waals surface area contributed by atoms with E-state index in [-0.39, 0.29) is 17.9 Å². The molecule has 0 spiro atoms. The Hall–Kier alpha value is -2.21. The second kappa shape index (κ2) is 6.27. The van der Waals surface area contributed by atoms with Gasteiger partial charge in [0.15, 0.2) is 5.82 Å². The fourth-order valence-corrected chi connectivity index (χ4v) is 2.12. The lowest BCUT2D eigenvalue weighted by molar-refractivity contribution is -0.119. The van der Waals surface area contributed by atoms with Crippen LogP contribution in [0.15, 0.2) is 24.3 Å². The average molecular weight is 304 g/mol. The van der Waals surface area contributed by atoms with Gasteiger partial charge in [0.05, 0.1) is 11.6 Å². The van der Waals surface area contributed by atoms with Gasteiger partial charge in [0.1, 0.15) is 5.69 Å². The summed E-state index contributed by atoms with van der Waals surface area (Å²) in [5, 5.41) is 6.93. The van der Waals surface area contributed by atoms with Crippen molar-refractivity contribution in [2.75, 3.05) is 5.32 Å². The highest BCUT2D eigenvalue weighted by Gasteiger charge is 2.18. The summed E-state index contributed by atoms with van der Waals surface area (Å²) in [6.45, 7) is 7.21. The molecule has 0 aliphatic carbocycles. The summed E-state index contributed by atoms with van der Waals surface area (Å²) in [4.78, 5) is 11.9. The Morgan fingerprint density at radius 3 is 2.50 bits per heavy atom. The lowest BCUT2D eigenvalue weighted by atomic mass is 10.0. The summed E-state index contributed by atoms with van der Waals surface area (Å²) in [7, 11) is 0. The molecule has 0 saturated carbocycles. The Morgan fingerprint density at radius 2 is 2.00 bits per heavy atom. The number of hydrogen-bond acceptors (Lipinski definition) is 3. The highest BCUT2D eigenvalue weighted by Crippen LogP contribution is 2.20. The second-order valence-electron chi connectivity index (χ2n) is 5.64. The molecule has 1 heterocycles. The van der Waals surface area contributed by atoms with Gasteiger partial charge in [-0.2, -0.15) is 5.10 Å². The largest absolute Gasteiger partial charge is 0.327 e. The predicted molar refractivity (Wildman–Crippen MR) is 84.4 cm³/mol. The normalized spacial score (nSPS) is 13.7. The van der Waals surface area contributed by atoms with E-state index in [1.807, 2.05) is 19.9 Å². The number of nitrogens with one attached hydrogen (secondary N) is 1. The minimum Gasteiger partial charge on any atom is -0.327 e. The smallest absolute Gasteiger partial charge is 0.228 e. The van der Waals surface area contributed by atoms with Crippen LogP contribution in [0.25, 0.3) is 5.69 Å². The lowest BCUT2D eigenvalue weighted by Crippen LogP contribution is -2.34. The molecule has 3 N–H and O–H groups in total. The predicted octanol–water partition coefficient (Wildman–Crippen LogP) is 2.55. The summed E-state index contributed by atoms with van der Waals surface area (Å²) in [6, 6.07) is 6.15. The number of nitrogens with two attached hydrogens (primary N) is 1. The number of carbonyl (C=O) groups excluding carboxylic acids is 1. The van der Waals surface area contributed by atoms with Crippen LogP contribution in [0.2, 0.25) is 0 Å². The van der Waals surface area contributed by atoms with Gasteiger partial charge in [-0.1, -0.05) is 6.92 Å². The molecule has 2 unspecified atom stereocenters. The Kier molecular flexibility index (Phi) is 4.61. The molecule has 0 aliphatic heterocycles. The molecule has 5 nitrogen and oxygen atoms in total. The van der Waals surface area contributed by atoms with Crippen LogP contribution in [0.3, 0.4) is 0 Å². The summed E-state index contributed by atoms with van der Waals surface area (Å²) >= 11 is 0. The van der Waals surface area contributed by atoms with Crippen molar-refractivity contribution in [2.45, 2.75) is 33.7 Å². The number of rotatable bonds is 4. The molecule has 0 saturated heterocycles. The van der Waals surface area contributed by atoms with Gasteiger partial charge in [-0.15, -0.1) is 0 Å². The molecule has 0 radical (unpaired) electrons. The van der Waals surface area contributed by atoms with Gasteiger partial charge in [-0.3, -0.25) is 4.79 Å². The molecule has 22 heavy (non-hydrogen) atoms. The van der Waals surface area contributed by atoms with Crippen LogP contribution in [-0.2, 0) is 4.79 Å². The van der Waals surface area contributed by atoms with Crippen molar-refractivity contribution in [3.05, 3.63) is 41.5 Å². The fraction of sp³-hybridized carbons (Fsp3) is 0.375.